The molecule has 3 heterocycles. The lowest BCUT2D eigenvalue weighted by Crippen LogP contribution is -2.31. The molecule has 1 aliphatic rings. The van der Waals surface area contributed by atoms with Gasteiger partial charge in [0.25, 0.3) is 0 Å². The van der Waals surface area contributed by atoms with Crippen LogP contribution < -0.4 is 9.80 Å². The first-order chi connectivity index (χ1) is 11.7. The Kier molecular flexibility index (Phi) is 5.24. The van der Waals surface area contributed by atoms with Crippen molar-refractivity contribution in [1.82, 2.24) is 15.2 Å². The molecule has 0 atom stereocenters. The van der Waals surface area contributed by atoms with Gasteiger partial charge in [-0.15, -0.1) is 10.2 Å². The summed E-state index contributed by atoms with van der Waals surface area (Å²) in [7, 11) is 0. The number of esters is 1. The summed E-state index contributed by atoms with van der Waals surface area (Å²) in [6, 6.07) is 3.66. The standard InChI is InChI=1S/C16H21N5O2S/c1-3-23-15(22)13-5-6-14(17-11-13)20-7-4-8-21(10-9-20)16-19-18-12(2)24-16/h5-6,11H,3-4,7-10H2,1-2H3. The maximum Gasteiger partial charge on any atom is 0.339 e. The number of aromatic nitrogens is 3. The number of carbonyl (C=O) groups excluding carboxylic acids is 1. The van der Waals surface area contributed by atoms with Crippen LogP contribution in [0.25, 0.3) is 0 Å². The molecule has 0 N–H and O–H groups in total. The second kappa shape index (κ2) is 7.57. The van der Waals surface area contributed by atoms with Crippen LogP contribution in [0.2, 0.25) is 0 Å². The number of pyridine rings is 1. The van der Waals surface area contributed by atoms with Crippen molar-refractivity contribution in [1.29, 1.82) is 0 Å². The van der Waals surface area contributed by atoms with E-state index in [2.05, 4.69) is 25.0 Å². The van der Waals surface area contributed by atoms with Crippen LogP contribution in [0.3, 0.4) is 0 Å². The van der Waals surface area contributed by atoms with Gasteiger partial charge < -0.3 is 14.5 Å². The van der Waals surface area contributed by atoms with Gasteiger partial charge >= 0.3 is 5.97 Å². The first kappa shape index (κ1) is 16.6. The Morgan fingerprint density at radius 3 is 2.67 bits per heavy atom. The van der Waals surface area contributed by atoms with Crippen LogP contribution in [0.1, 0.15) is 28.7 Å². The summed E-state index contributed by atoms with van der Waals surface area (Å²) in [6.45, 7) is 7.78. The van der Waals surface area contributed by atoms with E-state index >= 15 is 0 Å². The molecule has 1 saturated heterocycles. The highest BCUT2D eigenvalue weighted by atomic mass is 32.1. The smallest absolute Gasteiger partial charge is 0.339 e. The molecule has 0 saturated carbocycles. The van der Waals surface area contributed by atoms with Crippen LogP contribution in [-0.2, 0) is 4.74 Å². The number of anilines is 2. The van der Waals surface area contributed by atoms with E-state index in [-0.39, 0.29) is 5.97 Å². The van der Waals surface area contributed by atoms with E-state index in [0.717, 1.165) is 48.6 Å². The van der Waals surface area contributed by atoms with E-state index in [1.54, 1.807) is 30.5 Å². The molecule has 7 nitrogen and oxygen atoms in total. The van der Waals surface area contributed by atoms with Crippen LogP contribution in [0, 0.1) is 6.92 Å². The van der Waals surface area contributed by atoms with Crippen LogP contribution in [0.4, 0.5) is 10.9 Å². The van der Waals surface area contributed by atoms with E-state index in [1.807, 2.05) is 13.0 Å². The molecule has 0 bridgehead atoms. The Labute approximate surface area is 145 Å². The quantitative estimate of drug-likeness (QED) is 0.785. The average molecular weight is 347 g/mol. The molecule has 0 spiro atoms. The van der Waals surface area contributed by atoms with Crippen molar-refractivity contribution in [2.24, 2.45) is 0 Å². The van der Waals surface area contributed by atoms with E-state index in [4.69, 9.17) is 4.74 Å². The topological polar surface area (TPSA) is 71.5 Å². The first-order valence-corrected chi connectivity index (χ1v) is 8.92. The van der Waals surface area contributed by atoms with Crippen LogP contribution >= 0.6 is 11.3 Å². The molecular formula is C16H21N5O2S. The Morgan fingerprint density at radius 2 is 2.00 bits per heavy atom. The van der Waals surface area contributed by atoms with Crippen LogP contribution in [0.5, 0.6) is 0 Å². The zero-order chi connectivity index (χ0) is 16.9. The summed E-state index contributed by atoms with van der Waals surface area (Å²) in [4.78, 5) is 20.6. The molecule has 128 valence electrons. The van der Waals surface area contributed by atoms with Crippen molar-refractivity contribution >= 4 is 28.3 Å². The number of hydrogen-bond acceptors (Lipinski definition) is 8. The lowest BCUT2D eigenvalue weighted by Gasteiger charge is -2.22. The summed E-state index contributed by atoms with van der Waals surface area (Å²) < 4.78 is 4.99. The third-order valence-corrected chi connectivity index (χ3v) is 4.76. The van der Waals surface area contributed by atoms with Gasteiger partial charge in [0.05, 0.1) is 12.2 Å². The lowest BCUT2D eigenvalue weighted by molar-refractivity contribution is 0.0526. The van der Waals surface area contributed by atoms with Gasteiger partial charge in [-0.25, -0.2) is 9.78 Å². The Balaban J connectivity index is 1.64. The highest BCUT2D eigenvalue weighted by Crippen LogP contribution is 2.22. The van der Waals surface area contributed by atoms with Crippen molar-refractivity contribution in [3.05, 3.63) is 28.9 Å². The predicted octanol–water partition coefficient (Wildman–Crippen LogP) is 2.13. The van der Waals surface area contributed by atoms with Gasteiger partial charge in [-0.3, -0.25) is 0 Å². The van der Waals surface area contributed by atoms with Gasteiger partial charge in [0, 0.05) is 32.4 Å². The SMILES string of the molecule is CCOC(=O)c1ccc(N2CCCN(c3nnc(C)s3)CC2)nc1. The number of carbonyl (C=O) groups is 1. The van der Waals surface area contributed by atoms with Gasteiger partial charge in [-0.2, -0.15) is 0 Å². The van der Waals surface area contributed by atoms with E-state index in [1.165, 1.54) is 0 Å². The minimum atomic E-state index is -0.328. The lowest BCUT2D eigenvalue weighted by atomic mass is 10.2. The van der Waals surface area contributed by atoms with Crippen molar-refractivity contribution in [2.75, 3.05) is 42.6 Å². The fraction of sp³-hybridized carbons (Fsp3) is 0.500. The first-order valence-electron chi connectivity index (χ1n) is 8.10. The molecule has 1 fully saturated rings. The summed E-state index contributed by atoms with van der Waals surface area (Å²) in [6.07, 6.45) is 2.62. The van der Waals surface area contributed by atoms with Gasteiger partial charge in [0.1, 0.15) is 10.8 Å². The van der Waals surface area contributed by atoms with Gasteiger partial charge in [-0.1, -0.05) is 11.3 Å². The largest absolute Gasteiger partial charge is 0.462 e. The molecule has 0 amide bonds. The van der Waals surface area contributed by atoms with E-state index < -0.39 is 0 Å². The number of hydrogen-bond donors (Lipinski definition) is 0. The second-order valence-electron chi connectivity index (χ2n) is 5.56. The third-order valence-electron chi connectivity index (χ3n) is 3.86. The fourth-order valence-electron chi connectivity index (χ4n) is 2.66. The minimum Gasteiger partial charge on any atom is -0.462 e. The van der Waals surface area contributed by atoms with Gasteiger partial charge in [0.2, 0.25) is 5.13 Å². The molecule has 0 aliphatic carbocycles. The zero-order valence-corrected chi connectivity index (χ0v) is 14.8. The Bertz CT molecular complexity index is 688. The molecule has 0 unspecified atom stereocenters. The fourth-order valence-corrected chi connectivity index (χ4v) is 3.40. The monoisotopic (exact) mass is 347 g/mol. The highest BCUT2D eigenvalue weighted by molar-refractivity contribution is 7.15. The summed E-state index contributed by atoms with van der Waals surface area (Å²) in [5, 5.41) is 10.3. The van der Waals surface area contributed by atoms with Crippen LogP contribution in [-0.4, -0.2) is 53.9 Å². The average Bonchev–Trinajstić information content (AvgIpc) is 2.88. The summed E-state index contributed by atoms with van der Waals surface area (Å²) in [5.74, 6) is 0.559. The molecule has 8 heteroatoms. The summed E-state index contributed by atoms with van der Waals surface area (Å²) >= 11 is 1.63. The molecular weight excluding hydrogens is 326 g/mol. The third kappa shape index (κ3) is 3.81. The number of aryl methyl sites for hydroxylation is 1. The van der Waals surface area contributed by atoms with Crippen molar-refractivity contribution in [3.8, 4) is 0 Å². The minimum absolute atomic E-state index is 0.328. The molecule has 2 aromatic heterocycles. The van der Waals surface area contributed by atoms with E-state index in [0.29, 0.717) is 12.2 Å². The number of ether oxygens (including phenoxy) is 1. The number of rotatable bonds is 4. The zero-order valence-electron chi connectivity index (χ0n) is 13.9. The molecule has 3 rings (SSSR count). The molecule has 0 aromatic carbocycles. The molecule has 1 aliphatic heterocycles. The van der Waals surface area contributed by atoms with Crippen LogP contribution in [0.15, 0.2) is 18.3 Å². The highest BCUT2D eigenvalue weighted by Gasteiger charge is 2.19. The van der Waals surface area contributed by atoms with Crippen molar-refractivity contribution < 1.29 is 9.53 Å². The van der Waals surface area contributed by atoms with E-state index in [9.17, 15) is 4.79 Å². The van der Waals surface area contributed by atoms with Gasteiger partial charge in [-0.05, 0) is 32.4 Å². The molecule has 0 radical (unpaired) electrons. The molecule has 24 heavy (non-hydrogen) atoms. The van der Waals surface area contributed by atoms with Crippen molar-refractivity contribution in [3.63, 3.8) is 0 Å². The number of nitrogens with zero attached hydrogens (tertiary/aromatic N) is 5. The normalized spacial score (nSPS) is 15.2. The maximum atomic E-state index is 11.7. The van der Waals surface area contributed by atoms with Crippen molar-refractivity contribution in [2.45, 2.75) is 20.3 Å². The van der Waals surface area contributed by atoms with Gasteiger partial charge in [0.15, 0.2) is 0 Å². The Morgan fingerprint density at radius 1 is 1.21 bits per heavy atom. The molecule has 2 aromatic rings. The Hall–Kier alpha value is -2.22. The second-order valence-corrected chi connectivity index (χ2v) is 6.72. The summed E-state index contributed by atoms with van der Waals surface area (Å²) in [5.41, 5.74) is 0.487. The maximum absolute atomic E-state index is 11.7. The predicted molar refractivity (Wildman–Crippen MR) is 93.9 cm³/mol.